The molecule has 0 unspecified atom stereocenters. The van der Waals surface area contributed by atoms with E-state index in [0.29, 0.717) is 24.7 Å². The molecule has 0 radical (unpaired) electrons. The summed E-state index contributed by atoms with van der Waals surface area (Å²) < 4.78 is 0. The Kier molecular flexibility index (Phi) is 4.80. The van der Waals surface area contributed by atoms with E-state index in [1.54, 1.807) is 4.90 Å². The van der Waals surface area contributed by atoms with Gasteiger partial charge in [0.05, 0.1) is 15.5 Å². The van der Waals surface area contributed by atoms with Crippen molar-refractivity contribution >= 4 is 23.2 Å². The van der Waals surface area contributed by atoms with E-state index in [4.69, 9.17) is 11.6 Å². The van der Waals surface area contributed by atoms with E-state index in [1.807, 2.05) is 0 Å². The van der Waals surface area contributed by atoms with E-state index >= 15 is 0 Å². The Bertz CT molecular complexity index is 554. The Balaban J connectivity index is 2.09. The molecule has 2 rings (SSSR count). The number of halogens is 1. The molecule has 6 nitrogen and oxygen atoms in total. The van der Waals surface area contributed by atoms with Gasteiger partial charge in [0.2, 0.25) is 0 Å². The Morgan fingerprint density at radius 3 is 2.38 bits per heavy atom. The third-order valence-corrected chi connectivity index (χ3v) is 4.04. The van der Waals surface area contributed by atoms with E-state index < -0.39 is 4.92 Å². The molecular weight excluding hydrogens is 294 g/mol. The molecule has 0 saturated carbocycles. The van der Waals surface area contributed by atoms with Crippen LogP contribution in [0.25, 0.3) is 0 Å². The van der Waals surface area contributed by atoms with E-state index in [9.17, 15) is 14.9 Å². The number of hydrogen-bond donors (Lipinski definition) is 0. The minimum absolute atomic E-state index is 0.110. The molecule has 0 aromatic heterocycles. The van der Waals surface area contributed by atoms with Crippen LogP contribution in [0.3, 0.4) is 0 Å². The maximum absolute atomic E-state index is 12.4. The number of piperazine rings is 1. The number of amides is 1. The van der Waals surface area contributed by atoms with Crippen molar-refractivity contribution in [2.75, 3.05) is 26.2 Å². The van der Waals surface area contributed by atoms with Crippen LogP contribution in [0.5, 0.6) is 0 Å². The van der Waals surface area contributed by atoms with Crippen LogP contribution < -0.4 is 0 Å². The van der Waals surface area contributed by atoms with Crippen molar-refractivity contribution in [1.82, 2.24) is 9.80 Å². The molecule has 0 spiro atoms. The van der Waals surface area contributed by atoms with Crippen LogP contribution in [0.1, 0.15) is 24.2 Å². The summed E-state index contributed by atoms with van der Waals surface area (Å²) in [5, 5.41) is 10.8. The Morgan fingerprint density at radius 2 is 1.90 bits per heavy atom. The quantitative estimate of drug-likeness (QED) is 0.635. The topological polar surface area (TPSA) is 66.7 Å². The SMILES string of the molecule is CC(C)N1CCN(C(=O)c2ccc([N+](=O)[O-])cc2Cl)CC1. The summed E-state index contributed by atoms with van der Waals surface area (Å²) in [6, 6.07) is 4.42. The van der Waals surface area contributed by atoms with Crippen molar-refractivity contribution in [3.8, 4) is 0 Å². The van der Waals surface area contributed by atoms with Gasteiger partial charge in [-0.3, -0.25) is 19.8 Å². The second-order valence-corrected chi connectivity index (χ2v) is 5.75. The second kappa shape index (κ2) is 6.41. The fraction of sp³-hybridized carbons (Fsp3) is 0.500. The first-order chi connectivity index (χ1) is 9.90. The van der Waals surface area contributed by atoms with Crippen LogP contribution in [0.4, 0.5) is 5.69 Å². The molecule has 0 atom stereocenters. The molecule has 1 fully saturated rings. The van der Waals surface area contributed by atoms with Crippen LogP contribution in [-0.2, 0) is 0 Å². The van der Waals surface area contributed by atoms with E-state index in [2.05, 4.69) is 18.7 Å². The average molecular weight is 312 g/mol. The van der Waals surface area contributed by atoms with E-state index in [-0.39, 0.29) is 16.6 Å². The maximum atomic E-state index is 12.4. The zero-order valence-corrected chi connectivity index (χ0v) is 12.8. The van der Waals surface area contributed by atoms with Gasteiger partial charge in [-0.1, -0.05) is 11.6 Å². The lowest BCUT2D eigenvalue weighted by Crippen LogP contribution is -2.50. The van der Waals surface area contributed by atoms with Gasteiger partial charge in [0.1, 0.15) is 0 Å². The first-order valence-corrected chi connectivity index (χ1v) is 7.25. The molecule has 21 heavy (non-hydrogen) atoms. The van der Waals surface area contributed by atoms with Gasteiger partial charge in [0, 0.05) is 44.4 Å². The summed E-state index contributed by atoms with van der Waals surface area (Å²) in [5.41, 5.74) is 0.210. The lowest BCUT2D eigenvalue weighted by Gasteiger charge is -2.37. The number of hydrogen-bond acceptors (Lipinski definition) is 4. The summed E-state index contributed by atoms with van der Waals surface area (Å²) in [6.45, 7) is 7.20. The van der Waals surface area contributed by atoms with Gasteiger partial charge in [0.25, 0.3) is 11.6 Å². The van der Waals surface area contributed by atoms with Crippen molar-refractivity contribution in [3.05, 3.63) is 38.9 Å². The fourth-order valence-electron chi connectivity index (χ4n) is 2.40. The van der Waals surface area contributed by atoms with Crippen molar-refractivity contribution in [1.29, 1.82) is 0 Å². The predicted octanol–water partition coefficient (Wildman–Crippen LogP) is 2.41. The lowest BCUT2D eigenvalue weighted by molar-refractivity contribution is -0.384. The first-order valence-electron chi connectivity index (χ1n) is 6.87. The number of carbonyl (C=O) groups excluding carboxylic acids is 1. The highest BCUT2D eigenvalue weighted by Crippen LogP contribution is 2.24. The molecule has 1 aromatic carbocycles. The normalized spacial score (nSPS) is 16.3. The van der Waals surface area contributed by atoms with Gasteiger partial charge >= 0.3 is 0 Å². The number of nitro benzene ring substituents is 1. The molecule has 0 N–H and O–H groups in total. The van der Waals surface area contributed by atoms with E-state index in [0.717, 1.165) is 13.1 Å². The number of carbonyl (C=O) groups is 1. The van der Waals surface area contributed by atoms with Crippen molar-refractivity contribution in [2.24, 2.45) is 0 Å². The average Bonchev–Trinajstić information content (AvgIpc) is 2.46. The number of nitro groups is 1. The Labute approximate surface area is 128 Å². The minimum atomic E-state index is -0.526. The molecule has 0 aliphatic carbocycles. The van der Waals surface area contributed by atoms with Gasteiger partial charge < -0.3 is 4.90 Å². The molecule has 1 heterocycles. The highest BCUT2D eigenvalue weighted by Gasteiger charge is 2.25. The third kappa shape index (κ3) is 3.51. The first kappa shape index (κ1) is 15.7. The third-order valence-electron chi connectivity index (χ3n) is 3.73. The van der Waals surface area contributed by atoms with Crippen LogP contribution in [-0.4, -0.2) is 52.9 Å². The van der Waals surface area contributed by atoms with Gasteiger partial charge in [-0.15, -0.1) is 0 Å². The second-order valence-electron chi connectivity index (χ2n) is 5.34. The van der Waals surface area contributed by atoms with Crippen LogP contribution in [0.2, 0.25) is 5.02 Å². The summed E-state index contributed by atoms with van der Waals surface area (Å²) in [4.78, 5) is 26.6. The molecule has 0 bridgehead atoms. The lowest BCUT2D eigenvalue weighted by atomic mass is 10.1. The van der Waals surface area contributed by atoms with E-state index in [1.165, 1.54) is 18.2 Å². The number of rotatable bonds is 3. The zero-order chi connectivity index (χ0) is 15.6. The molecule has 7 heteroatoms. The number of benzene rings is 1. The number of nitrogens with zero attached hydrogens (tertiary/aromatic N) is 3. The van der Waals surface area contributed by atoms with Crippen LogP contribution in [0.15, 0.2) is 18.2 Å². The zero-order valence-electron chi connectivity index (χ0n) is 12.1. The molecule has 1 aliphatic heterocycles. The predicted molar refractivity (Wildman–Crippen MR) is 80.7 cm³/mol. The highest BCUT2D eigenvalue weighted by molar-refractivity contribution is 6.34. The summed E-state index contributed by atoms with van der Waals surface area (Å²) >= 11 is 6.00. The van der Waals surface area contributed by atoms with Gasteiger partial charge in [-0.2, -0.15) is 0 Å². The Hall–Kier alpha value is -1.66. The number of non-ortho nitro benzene ring substituents is 1. The monoisotopic (exact) mass is 311 g/mol. The molecule has 1 saturated heterocycles. The van der Waals surface area contributed by atoms with Crippen LogP contribution in [0, 0.1) is 10.1 Å². The summed E-state index contributed by atoms with van der Waals surface area (Å²) in [5.74, 6) is -0.168. The molecule has 1 amide bonds. The van der Waals surface area contributed by atoms with Crippen molar-refractivity contribution in [3.63, 3.8) is 0 Å². The standard InChI is InChI=1S/C14H18ClN3O3/c1-10(2)16-5-7-17(8-6-16)14(19)12-4-3-11(18(20)21)9-13(12)15/h3-4,9-10H,5-8H2,1-2H3. The van der Waals surface area contributed by atoms with Crippen molar-refractivity contribution in [2.45, 2.75) is 19.9 Å². The summed E-state index contributed by atoms with van der Waals surface area (Å²) in [7, 11) is 0. The van der Waals surface area contributed by atoms with Crippen molar-refractivity contribution < 1.29 is 9.72 Å². The van der Waals surface area contributed by atoms with Gasteiger partial charge in [0.15, 0.2) is 0 Å². The summed E-state index contributed by atoms with van der Waals surface area (Å²) in [6.07, 6.45) is 0. The molecule has 1 aromatic rings. The molecule has 1 aliphatic rings. The van der Waals surface area contributed by atoms with Crippen LogP contribution >= 0.6 is 11.6 Å². The van der Waals surface area contributed by atoms with Gasteiger partial charge in [-0.05, 0) is 19.9 Å². The molecule has 114 valence electrons. The Morgan fingerprint density at radius 1 is 1.29 bits per heavy atom. The smallest absolute Gasteiger partial charge is 0.270 e. The van der Waals surface area contributed by atoms with Gasteiger partial charge in [-0.25, -0.2) is 0 Å². The fourth-order valence-corrected chi connectivity index (χ4v) is 2.66. The maximum Gasteiger partial charge on any atom is 0.270 e. The molecular formula is C14H18ClN3O3. The largest absolute Gasteiger partial charge is 0.336 e. The highest BCUT2D eigenvalue weighted by atomic mass is 35.5. The minimum Gasteiger partial charge on any atom is -0.336 e.